The van der Waals surface area contributed by atoms with Gasteiger partial charge < -0.3 is 0 Å². The number of rotatable bonds is 8. The number of hydrogen-bond donors (Lipinski definition) is 2. The quantitative estimate of drug-likeness (QED) is 0.644. The average Bonchev–Trinajstić information content (AvgIpc) is 2.55. The Kier molecular flexibility index (Phi) is 7.29. The summed E-state index contributed by atoms with van der Waals surface area (Å²) >= 11 is 11.8. The van der Waals surface area contributed by atoms with Crippen LogP contribution in [0.3, 0.4) is 0 Å². The molecule has 0 aliphatic rings. The first-order valence-electron chi connectivity index (χ1n) is 8.01. The van der Waals surface area contributed by atoms with Gasteiger partial charge in [-0.05, 0) is 43.2 Å². The number of benzene rings is 2. The summed E-state index contributed by atoms with van der Waals surface area (Å²) in [5, 5.41) is 0.338. The van der Waals surface area contributed by atoms with E-state index in [2.05, 4.69) is 9.44 Å². The van der Waals surface area contributed by atoms with Crippen LogP contribution in [0.5, 0.6) is 0 Å². The third-order valence-electron chi connectivity index (χ3n) is 3.44. The summed E-state index contributed by atoms with van der Waals surface area (Å²) in [6, 6.07) is 10.7. The normalized spacial score (nSPS) is 12.5. The monoisotopic (exact) mass is 450 g/mol. The maximum atomic E-state index is 12.4. The van der Waals surface area contributed by atoms with Crippen LogP contribution in [0.25, 0.3) is 0 Å². The van der Waals surface area contributed by atoms with Crippen LogP contribution in [0.1, 0.15) is 25.0 Å². The van der Waals surface area contributed by atoms with E-state index >= 15 is 0 Å². The zero-order valence-corrected chi connectivity index (χ0v) is 17.9. The van der Waals surface area contributed by atoms with Gasteiger partial charge >= 0.3 is 0 Å². The number of hydrogen-bond acceptors (Lipinski definition) is 4. The van der Waals surface area contributed by atoms with E-state index in [0.717, 1.165) is 0 Å². The van der Waals surface area contributed by atoms with Crippen molar-refractivity contribution in [1.82, 2.24) is 9.44 Å². The first kappa shape index (κ1) is 22.1. The molecule has 0 heterocycles. The van der Waals surface area contributed by atoms with Crippen LogP contribution in [0.4, 0.5) is 0 Å². The molecule has 0 aliphatic heterocycles. The second-order valence-electron chi connectivity index (χ2n) is 6.25. The van der Waals surface area contributed by atoms with Crippen molar-refractivity contribution in [2.45, 2.75) is 37.1 Å². The van der Waals surface area contributed by atoms with Crippen LogP contribution in [-0.2, 0) is 32.3 Å². The topological polar surface area (TPSA) is 92.3 Å². The zero-order valence-electron chi connectivity index (χ0n) is 14.7. The lowest BCUT2D eigenvalue weighted by Gasteiger charge is -2.11. The lowest BCUT2D eigenvalue weighted by Crippen LogP contribution is -2.31. The van der Waals surface area contributed by atoms with Gasteiger partial charge in [-0.2, -0.15) is 0 Å². The Morgan fingerprint density at radius 1 is 0.926 bits per heavy atom. The lowest BCUT2D eigenvalue weighted by molar-refractivity contribution is 0.569. The van der Waals surface area contributed by atoms with E-state index in [4.69, 9.17) is 23.2 Å². The van der Waals surface area contributed by atoms with Gasteiger partial charge in [-0.15, -0.1) is 0 Å². The van der Waals surface area contributed by atoms with Crippen molar-refractivity contribution in [2.75, 3.05) is 0 Å². The van der Waals surface area contributed by atoms with E-state index in [9.17, 15) is 16.8 Å². The summed E-state index contributed by atoms with van der Waals surface area (Å²) in [7, 11) is -7.25. The molecule has 0 bridgehead atoms. The Hall–Kier alpha value is -1.16. The molecular weight excluding hydrogens is 431 g/mol. The predicted molar refractivity (Wildman–Crippen MR) is 108 cm³/mol. The summed E-state index contributed by atoms with van der Waals surface area (Å²) in [6.45, 7) is 3.53. The number of halogens is 2. The number of nitrogens with one attached hydrogen (secondary N) is 2. The molecule has 27 heavy (non-hydrogen) atoms. The molecule has 2 aromatic rings. The molecule has 0 amide bonds. The lowest BCUT2D eigenvalue weighted by atomic mass is 10.1. The largest absolute Gasteiger partial charge is 0.242 e. The first-order valence-corrected chi connectivity index (χ1v) is 11.9. The van der Waals surface area contributed by atoms with Crippen molar-refractivity contribution in [3.8, 4) is 0 Å². The minimum atomic E-state index is -3.84. The van der Waals surface area contributed by atoms with Crippen LogP contribution >= 0.6 is 23.2 Å². The van der Waals surface area contributed by atoms with E-state index in [-0.39, 0.29) is 33.3 Å². The fourth-order valence-electron chi connectivity index (χ4n) is 2.31. The van der Waals surface area contributed by atoms with E-state index < -0.39 is 20.0 Å². The predicted octanol–water partition coefficient (Wildman–Crippen LogP) is 3.30. The van der Waals surface area contributed by atoms with Gasteiger partial charge in [0.1, 0.15) is 4.90 Å². The van der Waals surface area contributed by atoms with E-state index in [0.29, 0.717) is 11.1 Å². The van der Waals surface area contributed by atoms with Crippen molar-refractivity contribution in [3.05, 3.63) is 63.6 Å². The Morgan fingerprint density at radius 2 is 1.52 bits per heavy atom. The minimum Gasteiger partial charge on any atom is -0.212 e. The van der Waals surface area contributed by atoms with Crippen molar-refractivity contribution < 1.29 is 16.8 Å². The highest BCUT2D eigenvalue weighted by Gasteiger charge is 2.18. The van der Waals surface area contributed by atoms with Crippen molar-refractivity contribution in [3.63, 3.8) is 0 Å². The Labute approximate surface area is 170 Å². The summed E-state index contributed by atoms with van der Waals surface area (Å²) in [5.41, 5.74) is 1.28. The van der Waals surface area contributed by atoms with Crippen molar-refractivity contribution in [2.24, 2.45) is 0 Å². The maximum Gasteiger partial charge on any atom is 0.242 e. The number of sulfonamides is 2. The molecule has 10 heteroatoms. The van der Waals surface area contributed by atoms with Gasteiger partial charge in [-0.25, -0.2) is 26.3 Å². The molecule has 0 unspecified atom stereocenters. The smallest absolute Gasteiger partial charge is 0.212 e. The van der Waals surface area contributed by atoms with Crippen molar-refractivity contribution in [1.29, 1.82) is 0 Å². The molecule has 0 spiro atoms. The minimum absolute atomic E-state index is 0.0302. The highest BCUT2D eigenvalue weighted by molar-refractivity contribution is 7.89. The summed E-state index contributed by atoms with van der Waals surface area (Å²) < 4.78 is 53.6. The standard InChI is InChI=1S/C17H20Cl2N2O4S2/c1-12(2)21-26(22,23)11-14-5-3-13(4-6-14)10-20-27(24,25)17-9-15(18)7-8-16(17)19/h3-9,12,20-21H,10-11H2,1-2H3. The van der Waals surface area contributed by atoms with Crippen molar-refractivity contribution >= 4 is 43.2 Å². The zero-order chi connectivity index (χ0) is 20.2. The van der Waals surface area contributed by atoms with Crippen LogP contribution in [0.2, 0.25) is 10.0 Å². The molecular formula is C17H20Cl2N2O4S2. The average molecular weight is 451 g/mol. The molecule has 0 aliphatic carbocycles. The van der Waals surface area contributed by atoms with Gasteiger partial charge in [0.15, 0.2) is 0 Å². The molecule has 2 rings (SSSR count). The van der Waals surface area contributed by atoms with E-state index in [1.807, 2.05) is 0 Å². The van der Waals surface area contributed by atoms with Crippen LogP contribution in [-0.4, -0.2) is 22.9 Å². The molecule has 6 nitrogen and oxygen atoms in total. The Morgan fingerprint density at radius 3 is 2.11 bits per heavy atom. The fourth-order valence-corrected chi connectivity index (χ4v) is 5.52. The Bertz CT molecular complexity index is 1010. The molecule has 0 saturated heterocycles. The van der Waals surface area contributed by atoms with Gasteiger partial charge in [-0.3, -0.25) is 0 Å². The first-order chi connectivity index (χ1) is 12.5. The third-order valence-corrected chi connectivity index (χ3v) is 7.11. The van der Waals surface area contributed by atoms with Gasteiger partial charge in [0.2, 0.25) is 20.0 Å². The third kappa shape index (κ3) is 6.74. The molecule has 0 saturated carbocycles. The second kappa shape index (κ2) is 8.89. The van der Waals surface area contributed by atoms with Gasteiger partial charge in [0.05, 0.1) is 10.8 Å². The Balaban J connectivity index is 2.05. The molecule has 0 radical (unpaired) electrons. The highest BCUT2D eigenvalue weighted by atomic mass is 35.5. The van der Waals surface area contributed by atoms with E-state index in [1.165, 1.54) is 18.2 Å². The molecule has 0 atom stereocenters. The SMILES string of the molecule is CC(C)NS(=O)(=O)Cc1ccc(CNS(=O)(=O)c2cc(Cl)ccc2Cl)cc1. The maximum absolute atomic E-state index is 12.4. The molecule has 0 fully saturated rings. The fraction of sp³-hybridized carbons (Fsp3) is 0.294. The van der Waals surface area contributed by atoms with Gasteiger partial charge in [0.25, 0.3) is 0 Å². The molecule has 0 aromatic heterocycles. The summed E-state index contributed by atoms with van der Waals surface area (Å²) in [5.74, 6) is -0.144. The summed E-state index contributed by atoms with van der Waals surface area (Å²) in [4.78, 5) is -0.0980. The van der Waals surface area contributed by atoms with Gasteiger partial charge in [-0.1, -0.05) is 47.5 Å². The van der Waals surface area contributed by atoms with Gasteiger partial charge in [0, 0.05) is 17.6 Å². The van der Waals surface area contributed by atoms with E-state index in [1.54, 1.807) is 38.1 Å². The molecule has 2 N–H and O–H groups in total. The van der Waals surface area contributed by atoms with Crippen LogP contribution in [0.15, 0.2) is 47.4 Å². The van der Waals surface area contributed by atoms with Crippen LogP contribution < -0.4 is 9.44 Å². The second-order valence-corrected chi connectivity index (χ2v) is 10.6. The highest BCUT2D eigenvalue weighted by Crippen LogP contribution is 2.25. The molecule has 2 aromatic carbocycles. The summed E-state index contributed by atoms with van der Waals surface area (Å²) in [6.07, 6.45) is 0. The molecule has 148 valence electrons. The van der Waals surface area contributed by atoms with Crippen LogP contribution in [0, 0.1) is 0 Å².